The molecule has 0 aliphatic heterocycles. The minimum Gasteiger partial charge on any atom is -0.443 e. The van der Waals surface area contributed by atoms with Crippen molar-refractivity contribution in [3.05, 3.63) is 36.4 Å². The van der Waals surface area contributed by atoms with Crippen molar-refractivity contribution >= 4 is 9.84 Å². The molecule has 1 fully saturated rings. The van der Waals surface area contributed by atoms with E-state index in [4.69, 9.17) is 4.42 Å². The second-order valence-electron chi connectivity index (χ2n) is 5.08. The van der Waals surface area contributed by atoms with Crippen molar-refractivity contribution in [3.8, 4) is 11.3 Å². The van der Waals surface area contributed by atoms with Crippen LogP contribution in [0, 0.1) is 0 Å². The second-order valence-corrected chi connectivity index (χ2v) is 7.10. The fraction of sp³-hybridized carbons (Fsp3) is 0.357. The molecule has 2 aromatic rings. The zero-order valence-electron chi connectivity index (χ0n) is 11.2. The Morgan fingerprint density at radius 2 is 2.20 bits per heavy atom. The Kier molecular flexibility index (Phi) is 3.35. The Morgan fingerprint density at radius 3 is 2.90 bits per heavy atom. The van der Waals surface area contributed by atoms with Gasteiger partial charge in [0.15, 0.2) is 22.0 Å². The van der Waals surface area contributed by atoms with E-state index in [-0.39, 0.29) is 4.90 Å². The third-order valence-corrected chi connectivity index (χ3v) is 4.41. The van der Waals surface area contributed by atoms with E-state index in [2.05, 4.69) is 10.3 Å². The van der Waals surface area contributed by atoms with Crippen LogP contribution in [0.3, 0.4) is 0 Å². The zero-order valence-corrected chi connectivity index (χ0v) is 12.0. The fourth-order valence-electron chi connectivity index (χ4n) is 2.03. The van der Waals surface area contributed by atoms with Crippen LogP contribution in [0.2, 0.25) is 0 Å². The van der Waals surface area contributed by atoms with E-state index in [1.807, 2.05) is 6.07 Å². The average molecular weight is 292 g/mol. The Morgan fingerprint density at radius 1 is 1.40 bits per heavy atom. The highest BCUT2D eigenvalue weighted by Crippen LogP contribution is 2.26. The van der Waals surface area contributed by atoms with Crippen LogP contribution in [-0.2, 0) is 16.4 Å². The van der Waals surface area contributed by atoms with Crippen LogP contribution in [0.25, 0.3) is 11.3 Å². The molecule has 5 nitrogen and oxygen atoms in total. The van der Waals surface area contributed by atoms with Crippen molar-refractivity contribution in [2.24, 2.45) is 0 Å². The van der Waals surface area contributed by atoms with Gasteiger partial charge in [0.1, 0.15) is 5.69 Å². The molecule has 0 radical (unpaired) electrons. The van der Waals surface area contributed by atoms with Gasteiger partial charge in [0, 0.05) is 24.4 Å². The number of nitrogens with zero attached hydrogens (tertiary/aromatic N) is 1. The molecule has 0 spiro atoms. The lowest BCUT2D eigenvalue weighted by molar-refractivity contribution is 0.569. The van der Waals surface area contributed by atoms with Crippen molar-refractivity contribution in [3.63, 3.8) is 0 Å². The van der Waals surface area contributed by atoms with Crippen molar-refractivity contribution < 1.29 is 12.8 Å². The fourth-order valence-corrected chi connectivity index (χ4v) is 2.69. The highest BCUT2D eigenvalue weighted by Gasteiger charge is 2.22. The van der Waals surface area contributed by atoms with E-state index in [9.17, 15) is 8.42 Å². The second kappa shape index (κ2) is 5.03. The largest absolute Gasteiger partial charge is 0.443 e. The highest BCUT2D eigenvalue weighted by molar-refractivity contribution is 7.90. The first kappa shape index (κ1) is 13.3. The van der Waals surface area contributed by atoms with Crippen molar-refractivity contribution in [2.75, 3.05) is 6.26 Å². The summed E-state index contributed by atoms with van der Waals surface area (Å²) in [5.74, 6) is 0.628. The Balaban J connectivity index is 1.90. The molecule has 6 heteroatoms. The molecule has 1 N–H and O–H groups in total. The number of sulfone groups is 1. The van der Waals surface area contributed by atoms with Gasteiger partial charge >= 0.3 is 0 Å². The molecule has 1 aromatic carbocycles. The topological polar surface area (TPSA) is 72.2 Å². The molecule has 1 aliphatic rings. The van der Waals surface area contributed by atoms with Crippen LogP contribution in [0.5, 0.6) is 0 Å². The smallest absolute Gasteiger partial charge is 0.181 e. The number of hydrogen-bond acceptors (Lipinski definition) is 5. The molecule has 20 heavy (non-hydrogen) atoms. The summed E-state index contributed by atoms with van der Waals surface area (Å²) in [4.78, 5) is 4.49. The summed E-state index contributed by atoms with van der Waals surface area (Å²) in [6.07, 6.45) is 5.00. The normalized spacial score (nSPS) is 15.4. The lowest BCUT2D eigenvalue weighted by Crippen LogP contribution is -2.16. The summed E-state index contributed by atoms with van der Waals surface area (Å²) in [7, 11) is -3.22. The number of benzene rings is 1. The molecular weight excluding hydrogens is 276 g/mol. The first-order chi connectivity index (χ1) is 9.54. The van der Waals surface area contributed by atoms with Crippen LogP contribution in [0.15, 0.2) is 40.0 Å². The van der Waals surface area contributed by atoms with Crippen molar-refractivity contribution in [2.45, 2.75) is 30.3 Å². The van der Waals surface area contributed by atoms with Crippen LogP contribution < -0.4 is 5.32 Å². The van der Waals surface area contributed by atoms with Gasteiger partial charge in [-0.05, 0) is 25.0 Å². The standard InChI is InChI=1S/C14H16N2O3S/c1-20(17,18)12-4-2-3-10(7-12)14-13(16-9-19-14)8-15-11-5-6-11/h2-4,7,9,11,15H,5-6,8H2,1H3. The minimum absolute atomic E-state index is 0.285. The SMILES string of the molecule is CS(=O)(=O)c1cccc(-c2ocnc2CNC2CC2)c1. The average Bonchev–Trinajstić information content (AvgIpc) is 3.12. The van der Waals surface area contributed by atoms with Gasteiger partial charge in [-0.15, -0.1) is 0 Å². The van der Waals surface area contributed by atoms with Crippen molar-refractivity contribution in [1.29, 1.82) is 0 Å². The summed E-state index contributed by atoms with van der Waals surface area (Å²) in [5, 5.41) is 3.37. The van der Waals surface area contributed by atoms with Gasteiger partial charge in [-0.2, -0.15) is 0 Å². The number of aromatic nitrogens is 1. The van der Waals surface area contributed by atoms with Crippen LogP contribution in [0.4, 0.5) is 0 Å². The molecule has 0 saturated heterocycles. The van der Waals surface area contributed by atoms with Gasteiger partial charge in [0.2, 0.25) is 0 Å². The molecule has 106 valence electrons. The molecule has 1 aliphatic carbocycles. The van der Waals surface area contributed by atoms with Crippen LogP contribution in [-0.4, -0.2) is 25.7 Å². The Bertz CT molecular complexity index is 718. The van der Waals surface area contributed by atoms with E-state index in [0.717, 1.165) is 11.3 Å². The molecular formula is C14H16N2O3S. The van der Waals surface area contributed by atoms with Gasteiger partial charge in [-0.1, -0.05) is 12.1 Å². The maximum atomic E-state index is 11.6. The van der Waals surface area contributed by atoms with Crippen LogP contribution in [0.1, 0.15) is 18.5 Å². The molecule has 0 bridgehead atoms. The lowest BCUT2D eigenvalue weighted by atomic mass is 10.1. The summed E-state index contributed by atoms with van der Waals surface area (Å²) in [6.45, 7) is 0.638. The van der Waals surface area contributed by atoms with Gasteiger partial charge in [0.25, 0.3) is 0 Å². The number of hydrogen-bond donors (Lipinski definition) is 1. The first-order valence-electron chi connectivity index (χ1n) is 6.50. The summed E-state index contributed by atoms with van der Waals surface area (Å²) in [5.41, 5.74) is 1.54. The van der Waals surface area contributed by atoms with Gasteiger partial charge in [-0.3, -0.25) is 0 Å². The van der Waals surface area contributed by atoms with Crippen LogP contribution >= 0.6 is 0 Å². The maximum Gasteiger partial charge on any atom is 0.181 e. The molecule has 0 amide bonds. The minimum atomic E-state index is -3.22. The summed E-state index contributed by atoms with van der Waals surface area (Å²) < 4.78 is 28.6. The summed E-state index contributed by atoms with van der Waals surface area (Å²) in [6, 6.07) is 7.33. The molecule has 0 atom stereocenters. The predicted molar refractivity (Wildman–Crippen MR) is 74.9 cm³/mol. The maximum absolute atomic E-state index is 11.6. The van der Waals surface area contributed by atoms with E-state index < -0.39 is 9.84 Å². The number of nitrogens with one attached hydrogen (secondary N) is 1. The van der Waals surface area contributed by atoms with E-state index in [1.54, 1.807) is 18.2 Å². The van der Waals surface area contributed by atoms with E-state index in [1.165, 1.54) is 25.5 Å². The van der Waals surface area contributed by atoms with E-state index in [0.29, 0.717) is 18.3 Å². The van der Waals surface area contributed by atoms with Gasteiger partial charge in [-0.25, -0.2) is 13.4 Å². The Hall–Kier alpha value is -1.66. The molecule has 0 unspecified atom stereocenters. The molecule has 1 heterocycles. The predicted octanol–water partition coefficient (Wildman–Crippen LogP) is 2.00. The quantitative estimate of drug-likeness (QED) is 0.912. The Labute approximate surface area is 117 Å². The van der Waals surface area contributed by atoms with Crippen molar-refractivity contribution in [1.82, 2.24) is 10.3 Å². The number of oxazole rings is 1. The third kappa shape index (κ3) is 2.91. The monoisotopic (exact) mass is 292 g/mol. The van der Waals surface area contributed by atoms with E-state index >= 15 is 0 Å². The lowest BCUT2D eigenvalue weighted by Gasteiger charge is -2.04. The summed E-state index contributed by atoms with van der Waals surface area (Å²) >= 11 is 0. The number of rotatable bonds is 5. The zero-order chi connectivity index (χ0) is 14.2. The molecule has 1 aromatic heterocycles. The first-order valence-corrected chi connectivity index (χ1v) is 8.39. The molecule has 3 rings (SSSR count). The van der Waals surface area contributed by atoms with Gasteiger partial charge in [0.05, 0.1) is 4.90 Å². The molecule has 1 saturated carbocycles. The third-order valence-electron chi connectivity index (χ3n) is 3.30. The highest BCUT2D eigenvalue weighted by atomic mass is 32.2. The van der Waals surface area contributed by atoms with Gasteiger partial charge < -0.3 is 9.73 Å².